The van der Waals surface area contributed by atoms with Gasteiger partial charge in [-0.1, -0.05) is 0 Å². The van der Waals surface area contributed by atoms with Crippen LogP contribution in [0.15, 0.2) is 24.5 Å². The Labute approximate surface area is 104 Å². The molecule has 7 heteroatoms. The van der Waals surface area contributed by atoms with Crippen molar-refractivity contribution < 1.29 is 4.79 Å². The monoisotopic (exact) mass is 246 g/mol. The van der Waals surface area contributed by atoms with E-state index in [9.17, 15) is 4.79 Å². The molecule has 0 bridgehead atoms. The molecule has 2 aromatic rings. The topological polar surface area (TPSA) is 95.6 Å². The van der Waals surface area contributed by atoms with E-state index in [0.717, 1.165) is 5.82 Å². The number of imidazole rings is 1. The molecule has 94 valence electrons. The minimum absolute atomic E-state index is 0.220. The number of hydrogen-bond acceptors (Lipinski definition) is 5. The summed E-state index contributed by atoms with van der Waals surface area (Å²) in [7, 11) is 0. The van der Waals surface area contributed by atoms with Crippen molar-refractivity contribution in [1.82, 2.24) is 25.5 Å². The number of nitrogens with one attached hydrogen (secondary N) is 3. The van der Waals surface area contributed by atoms with Crippen molar-refractivity contribution in [2.45, 2.75) is 13.5 Å². The molecule has 3 N–H and O–H groups in total. The molecule has 0 saturated heterocycles. The molecule has 0 saturated carbocycles. The van der Waals surface area contributed by atoms with E-state index in [4.69, 9.17) is 0 Å². The highest BCUT2D eigenvalue weighted by atomic mass is 16.1. The Kier molecular flexibility index (Phi) is 3.85. The second-order valence-electron chi connectivity index (χ2n) is 3.55. The Balaban J connectivity index is 1.93. The van der Waals surface area contributed by atoms with E-state index < -0.39 is 0 Å². The fraction of sp³-hybridized carbons (Fsp3) is 0.273. The highest BCUT2D eigenvalue weighted by Gasteiger charge is 2.06. The average Bonchev–Trinajstić information content (AvgIpc) is 2.90. The van der Waals surface area contributed by atoms with Crippen LogP contribution in [0.1, 0.15) is 23.2 Å². The van der Waals surface area contributed by atoms with Crippen LogP contribution >= 0.6 is 0 Å². The number of amides is 1. The fourth-order valence-corrected chi connectivity index (χ4v) is 1.37. The van der Waals surface area contributed by atoms with Gasteiger partial charge in [0.15, 0.2) is 5.69 Å². The van der Waals surface area contributed by atoms with Gasteiger partial charge in [-0.15, -0.1) is 10.2 Å². The summed E-state index contributed by atoms with van der Waals surface area (Å²) in [5.74, 6) is 1.19. The van der Waals surface area contributed by atoms with Gasteiger partial charge in [0.05, 0.1) is 6.54 Å². The number of carbonyl (C=O) groups is 1. The Hall–Kier alpha value is -2.44. The maximum atomic E-state index is 11.5. The molecule has 0 aliphatic carbocycles. The van der Waals surface area contributed by atoms with E-state index in [0.29, 0.717) is 24.6 Å². The summed E-state index contributed by atoms with van der Waals surface area (Å²) in [5, 5.41) is 13.5. The van der Waals surface area contributed by atoms with Crippen LogP contribution in [-0.4, -0.2) is 32.6 Å². The largest absolute Gasteiger partial charge is 0.361 e. The molecular formula is C11H14N6O. The number of anilines is 1. The van der Waals surface area contributed by atoms with Crippen LogP contribution in [0.5, 0.6) is 0 Å². The maximum absolute atomic E-state index is 11.5. The summed E-state index contributed by atoms with van der Waals surface area (Å²) in [6, 6.07) is 3.34. The zero-order valence-electron chi connectivity index (χ0n) is 9.97. The van der Waals surface area contributed by atoms with Gasteiger partial charge in [-0.05, 0) is 19.1 Å². The van der Waals surface area contributed by atoms with Gasteiger partial charge >= 0.3 is 0 Å². The first kappa shape index (κ1) is 12.0. The van der Waals surface area contributed by atoms with Gasteiger partial charge in [0.2, 0.25) is 0 Å². The van der Waals surface area contributed by atoms with E-state index in [1.54, 1.807) is 24.5 Å². The molecule has 0 aromatic carbocycles. The van der Waals surface area contributed by atoms with Crippen molar-refractivity contribution in [3.8, 4) is 0 Å². The predicted octanol–water partition coefficient (Wildman–Crippen LogP) is 0.561. The van der Waals surface area contributed by atoms with E-state index in [1.807, 2.05) is 6.92 Å². The third-order valence-electron chi connectivity index (χ3n) is 2.23. The van der Waals surface area contributed by atoms with Gasteiger partial charge in [0.25, 0.3) is 5.91 Å². The van der Waals surface area contributed by atoms with E-state index >= 15 is 0 Å². The number of hydrogen-bond donors (Lipinski definition) is 3. The third-order valence-corrected chi connectivity index (χ3v) is 2.23. The molecular weight excluding hydrogens is 232 g/mol. The molecule has 2 rings (SSSR count). The average molecular weight is 246 g/mol. The second-order valence-corrected chi connectivity index (χ2v) is 3.55. The molecule has 18 heavy (non-hydrogen) atoms. The quantitative estimate of drug-likeness (QED) is 0.716. The summed E-state index contributed by atoms with van der Waals surface area (Å²) in [6.07, 6.45) is 3.43. The number of carbonyl (C=O) groups excluding carboxylic acids is 1. The van der Waals surface area contributed by atoms with Crippen LogP contribution in [0.4, 0.5) is 5.82 Å². The van der Waals surface area contributed by atoms with Crippen molar-refractivity contribution >= 4 is 11.7 Å². The van der Waals surface area contributed by atoms with Crippen LogP contribution in [0.2, 0.25) is 0 Å². The van der Waals surface area contributed by atoms with Crippen LogP contribution in [0.3, 0.4) is 0 Å². The summed E-state index contributed by atoms with van der Waals surface area (Å²) in [5.41, 5.74) is 0.306. The Morgan fingerprint density at radius 2 is 2.28 bits per heavy atom. The molecule has 0 atom stereocenters. The predicted molar refractivity (Wildman–Crippen MR) is 66.0 cm³/mol. The number of aromatic amines is 1. The summed E-state index contributed by atoms with van der Waals surface area (Å²) in [4.78, 5) is 18.5. The second kappa shape index (κ2) is 5.76. The molecule has 2 heterocycles. The number of H-pyrrole nitrogens is 1. The molecule has 2 aromatic heterocycles. The first-order valence-electron chi connectivity index (χ1n) is 5.63. The zero-order valence-corrected chi connectivity index (χ0v) is 9.97. The lowest BCUT2D eigenvalue weighted by Gasteiger charge is -2.04. The van der Waals surface area contributed by atoms with Gasteiger partial charge in [0.1, 0.15) is 11.6 Å². The lowest BCUT2D eigenvalue weighted by molar-refractivity contribution is 0.0950. The van der Waals surface area contributed by atoms with Crippen molar-refractivity contribution in [3.05, 3.63) is 36.0 Å². The summed E-state index contributed by atoms with van der Waals surface area (Å²) in [6.45, 7) is 2.95. The Morgan fingerprint density at radius 3 is 2.89 bits per heavy atom. The SMILES string of the molecule is CCNC(=O)c1ccc(NCc2ncc[nH]2)nn1. The molecule has 0 fully saturated rings. The van der Waals surface area contributed by atoms with Crippen molar-refractivity contribution in [2.24, 2.45) is 0 Å². The van der Waals surface area contributed by atoms with Crippen LogP contribution in [0, 0.1) is 0 Å². The molecule has 0 radical (unpaired) electrons. The zero-order chi connectivity index (χ0) is 12.8. The summed E-state index contributed by atoms with van der Waals surface area (Å²) < 4.78 is 0. The van der Waals surface area contributed by atoms with Crippen molar-refractivity contribution in [1.29, 1.82) is 0 Å². The van der Waals surface area contributed by atoms with Gasteiger partial charge in [-0.2, -0.15) is 0 Å². The fourth-order valence-electron chi connectivity index (χ4n) is 1.37. The molecule has 0 aliphatic heterocycles. The minimum Gasteiger partial charge on any atom is -0.361 e. The molecule has 0 unspecified atom stereocenters. The van der Waals surface area contributed by atoms with Gasteiger partial charge in [-0.25, -0.2) is 4.98 Å². The smallest absolute Gasteiger partial charge is 0.271 e. The van der Waals surface area contributed by atoms with Crippen LogP contribution < -0.4 is 10.6 Å². The summed E-state index contributed by atoms with van der Waals surface area (Å²) >= 11 is 0. The molecule has 1 amide bonds. The van der Waals surface area contributed by atoms with Gasteiger partial charge in [0, 0.05) is 18.9 Å². The van der Waals surface area contributed by atoms with Crippen molar-refractivity contribution in [2.75, 3.05) is 11.9 Å². The van der Waals surface area contributed by atoms with E-state index in [2.05, 4.69) is 30.8 Å². The van der Waals surface area contributed by atoms with Crippen LogP contribution in [-0.2, 0) is 6.54 Å². The first-order valence-corrected chi connectivity index (χ1v) is 5.63. The Bertz CT molecular complexity index is 493. The molecule has 0 spiro atoms. The van der Waals surface area contributed by atoms with Crippen molar-refractivity contribution in [3.63, 3.8) is 0 Å². The van der Waals surface area contributed by atoms with E-state index in [-0.39, 0.29) is 5.91 Å². The lowest BCUT2D eigenvalue weighted by Crippen LogP contribution is -2.24. The normalized spacial score (nSPS) is 10.1. The number of rotatable bonds is 5. The standard InChI is InChI=1S/C11H14N6O/c1-2-12-11(18)8-3-4-9(17-16-8)15-7-10-13-5-6-14-10/h3-6H,2,7H2,1H3,(H,12,18)(H,13,14)(H,15,17). The highest BCUT2D eigenvalue weighted by molar-refractivity contribution is 5.92. The molecule has 0 aliphatic rings. The number of aromatic nitrogens is 4. The highest BCUT2D eigenvalue weighted by Crippen LogP contribution is 2.03. The number of nitrogens with zero attached hydrogens (tertiary/aromatic N) is 3. The maximum Gasteiger partial charge on any atom is 0.271 e. The molecule has 7 nitrogen and oxygen atoms in total. The van der Waals surface area contributed by atoms with E-state index in [1.165, 1.54) is 0 Å². The first-order chi connectivity index (χ1) is 8.79. The van der Waals surface area contributed by atoms with Gasteiger partial charge < -0.3 is 15.6 Å². The lowest BCUT2D eigenvalue weighted by atomic mass is 10.3. The third kappa shape index (κ3) is 3.03. The minimum atomic E-state index is -0.220. The van der Waals surface area contributed by atoms with Gasteiger partial charge in [-0.3, -0.25) is 4.79 Å². The van der Waals surface area contributed by atoms with Crippen LogP contribution in [0.25, 0.3) is 0 Å². The Morgan fingerprint density at radius 1 is 1.39 bits per heavy atom.